The Morgan fingerprint density at radius 2 is 2.29 bits per heavy atom. The monoisotopic (exact) mass is 302 g/mol. The number of ether oxygens (including phenoxy) is 1. The van der Waals surface area contributed by atoms with Gasteiger partial charge in [0.15, 0.2) is 5.16 Å². The zero-order valence-electron chi connectivity index (χ0n) is 11.5. The highest BCUT2D eigenvalue weighted by Crippen LogP contribution is 2.20. The lowest BCUT2D eigenvalue weighted by atomic mass is 10.4. The molecule has 0 N–H and O–H groups in total. The lowest BCUT2D eigenvalue weighted by molar-refractivity contribution is 0.397. The van der Waals surface area contributed by atoms with Crippen LogP contribution in [0.25, 0.3) is 5.69 Å². The molecule has 0 aromatic carbocycles. The van der Waals surface area contributed by atoms with Crippen LogP contribution in [0.3, 0.4) is 0 Å². The molecule has 21 heavy (non-hydrogen) atoms. The van der Waals surface area contributed by atoms with Crippen molar-refractivity contribution in [3.63, 3.8) is 0 Å². The molecule has 0 bridgehead atoms. The Labute approximate surface area is 126 Å². The van der Waals surface area contributed by atoms with Gasteiger partial charge in [0.1, 0.15) is 6.33 Å². The van der Waals surface area contributed by atoms with Gasteiger partial charge in [-0.25, -0.2) is 4.98 Å². The van der Waals surface area contributed by atoms with Crippen molar-refractivity contribution < 1.29 is 4.74 Å². The number of nitrogens with zero attached hydrogens (tertiary/aromatic N) is 6. The van der Waals surface area contributed by atoms with E-state index in [-0.39, 0.29) is 0 Å². The molecule has 3 rings (SSSR count). The van der Waals surface area contributed by atoms with Crippen molar-refractivity contribution >= 4 is 11.8 Å². The molecule has 0 saturated heterocycles. The SMILES string of the molecule is COc1ccc(-n2cnnc2SCCn2cccn2)cn1. The first-order valence-corrected chi connectivity index (χ1v) is 7.36. The quantitative estimate of drug-likeness (QED) is 0.645. The Kier molecular flexibility index (Phi) is 4.15. The number of thioether (sulfide) groups is 1. The maximum Gasteiger partial charge on any atom is 0.213 e. The Hall–Kier alpha value is -2.35. The molecule has 3 heterocycles. The van der Waals surface area contributed by atoms with Gasteiger partial charge in [0, 0.05) is 24.2 Å². The molecular weight excluding hydrogens is 288 g/mol. The zero-order chi connectivity index (χ0) is 14.5. The van der Waals surface area contributed by atoms with Gasteiger partial charge in [-0.05, 0) is 12.1 Å². The van der Waals surface area contributed by atoms with Gasteiger partial charge in [-0.3, -0.25) is 9.25 Å². The molecule has 108 valence electrons. The van der Waals surface area contributed by atoms with E-state index in [0.717, 1.165) is 23.1 Å². The molecule has 3 aromatic rings. The highest BCUT2D eigenvalue weighted by molar-refractivity contribution is 7.99. The van der Waals surface area contributed by atoms with Gasteiger partial charge in [0.2, 0.25) is 5.88 Å². The number of hydrogen-bond donors (Lipinski definition) is 0. The summed E-state index contributed by atoms with van der Waals surface area (Å²) in [6, 6.07) is 5.65. The summed E-state index contributed by atoms with van der Waals surface area (Å²) in [6.07, 6.45) is 7.13. The second kappa shape index (κ2) is 6.40. The Morgan fingerprint density at radius 1 is 1.33 bits per heavy atom. The number of aryl methyl sites for hydroxylation is 1. The van der Waals surface area contributed by atoms with Crippen LogP contribution < -0.4 is 4.74 Å². The first-order valence-electron chi connectivity index (χ1n) is 6.37. The summed E-state index contributed by atoms with van der Waals surface area (Å²) in [6.45, 7) is 0.825. The minimum atomic E-state index is 0.583. The zero-order valence-corrected chi connectivity index (χ0v) is 12.3. The van der Waals surface area contributed by atoms with Crippen molar-refractivity contribution in [2.75, 3.05) is 12.9 Å². The number of hydrogen-bond acceptors (Lipinski definition) is 6. The minimum absolute atomic E-state index is 0.583. The summed E-state index contributed by atoms with van der Waals surface area (Å²) in [4.78, 5) is 4.19. The number of rotatable bonds is 6. The molecule has 0 aliphatic carbocycles. The maximum absolute atomic E-state index is 5.06. The van der Waals surface area contributed by atoms with Gasteiger partial charge in [-0.15, -0.1) is 10.2 Å². The molecule has 0 aliphatic heterocycles. The lowest BCUT2D eigenvalue weighted by Crippen LogP contribution is -2.02. The number of aromatic nitrogens is 6. The van der Waals surface area contributed by atoms with E-state index >= 15 is 0 Å². The Morgan fingerprint density at radius 3 is 3.00 bits per heavy atom. The summed E-state index contributed by atoms with van der Waals surface area (Å²) in [5, 5.41) is 13.1. The van der Waals surface area contributed by atoms with Crippen LogP contribution >= 0.6 is 11.8 Å². The molecule has 0 fully saturated rings. The molecule has 0 radical (unpaired) electrons. The summed E-state index contributed by atoms with van der Waals surface area (Å²) in [7, 11) is 1.59. The fourth-order valence-electron chi connectivity index (χ4n) is 1.80. The summed E-state index contributed by atoms with van der Waals surface area (Å²) >= 11 is 1.63. The topological polar surface area (TPSA) is 70.7 Å². The number of pyridine rings is 1. The molecule has 0 saturated carbocycles. The van der Waals surface area contributed by atoms with Crippen molar-refractivity contribution in [3.8, 4) is 11.6 Å². The largest absolute Gasteiger partial charge is 0.481 e. The van der Waals surface area contributed by atoms with Crippen LogP contribution in [0.5, 0.6) is 5.88 Å². The van der Waals surface area contributed by atoms with Gasteiger partial charge >= 0.3 is 0 Å². The van der Waals surface area contributed by atoms with Crippen LogP contribution in [0, 0.1) is 0 Å². The van der Waals surface area contributed by atoms with Crippen molar-refractivity contribution in [1.82, 2.24) is 29.5 Å². The van der Waals surface area contributed by atoms with Gasteiger partial charge < -0.3 is 4.74 Å². The van der Waals surface area contributed by atoms with Crippen molar-refractivity contribution in [2.45, 2.75) is 11.7 Å². The predicted molar refractivity (Wildman–Crippen MR) is 78.7 cm³/mol. The minimum Gasteiger partial charge on any atom is -0.481 e. The van der Waals surface area contributed by atoms with Crippen molar-refractivity contribution in [2.24, 2.45) is 0 Å². The Bertz CT molecular complexity index is 679. The van der Waals surface area contributed by atoms with Crippen molar-refractivity contribution in [3.05, 3.63) is 43.1 Å². The molecule has 0 amide bonds. The van der Waals surface area contributed by atoms with E-state index < -0.39 is 0 Å². The van der Waals surface area contributed by atoms with Gasteiger partial charge in [0.05, 0.1) is 25.5 Å². The molecule has 0 aliphatic rings. The maximum atomic E-state index is 5.06. The summed E-state index contributed by atoms with van der Waals surface area (Å²) in [5.74, 6) is 1.45. The fourth-order valence-corrected chi connectivity index (χ4v) is 2.66. The average Bonchev–Trinajstić information content (AvgIpc) is 3.19. The summed E-state index contributed by atoms with van der Waals surface area (Å²) in [5.41, 5.74) is 0.905. The highest BCUT2D eigenvalue weighted by atomic mass is 32.2. The smallest absolute Gasteiger partial charge is 0.213 e. The van der Waals surface area contributed by atoms with E-state index in [1.165, 1.54) is 0 Å². The van der Waals surface area contributed by atoms with Gasteiger partial charge in [0.25, 0.3) is 0 Å². The van der Waals surface area contributed by atoms with Crippen LogP contribution in [0.1, 0.15) is 0 Å². The van der Waals surface area contributed by atoms with Crippen LogP contribution in [0.4, 0.5) is 0 Å². The summed E-state index contributed by atoms with van der Waals surface area (Å²) < 4.78 is 8.85. The average molecular weight is 302 g/mol. The van der Waals surface area contributed by atoms with Crippen molar-refractivity contribution in [1.29, 1.82) is 0 Å². The van der Waals surface area contributed by atoms with Crippen LogP contribution in [0.2, 0.25) is 0 Å². The first-order chi connectivity index (χ1) is 10.4. The van der Waals surface area contributed by atoms with E-state index in [0.29, 0.717) is 5.88 Å². The molecular formula is C13H14N6OS. The highest BCUT2D eigenvalue weighted by Gasteiger charge is 2.07. The van der Waals surface area contributed by atoms with Gasteiger partial charge in [-0.1, -0.05) is 11.8 Å². The third-order valence-corrected chi connectivity index (χ3v) is 3.76. The molecule has 0 unspecified atom stereocenters. The standard InChI is InChI=1S/C13H14N6OS/c1-20-12-4-3-11(9-14-12)19-10-15-17-13(19)21-8-7-18-6-2-5-16-18/h2-6,9-10H,7-8H2,1H3. The molecule has 0 atom stereocenters. The third kappa shape index (κ3) is 3.22. The molecule has 8 heteroatoms. The molecule has 0 spiro atoms. The van der Waals surface area contributed by atoms with E-state index in [2.05, 4.69) is 20.3 Å². The molecule has 7 nitrogen and oxygen atoms in total. The fraction of sp³-hybridized carbons (Fsp3) is 0.231. The lowest BCUT2D eigenvalue weighted by Gasteiger charge is -2.06. The normalized spacial score (nSPS) is 10.7. The van der Waals surface area contributed by atoms with Crippen LogP contribution in [-0.2, 0) is 6.54 Å². The van der Waals surface area contributed by atoms with E-state index in [9.17, 15) is 0 Å². The number of methoxy groups -OCH3 is 1. The predicted octanol–water partition coefficient (Wildman–Crippen LogP) is 1.66. The first kappa shape index (κ1) is 13.6. The Balaban J connectivity index is 1.68. The van der Waals surface area contributed by atoms with Crippen LogP contribution in [0.15, 0.2) is 48.3 Å². The second-order valence-electron chi connectivity index (χ2n) is 4.16. The van der Waals surface area contributed by atoms with Crippen LogP contribution in [-0.4, -0.2) is 42.4 Å². The van der Waals surface area contributed by atoms with E-state index in [4.69, 9.17) is 4.74 Å². The van der Waals surface area contributed by atoms with E-state index in [1.54, 1.807) is 37.6 Å². The van der Waals surface area contributed by atoms with Gasteiger partial charge in [-0.2, -0.15) is 5.10 Å². The molecule has 3 aromatic heterocycles. The van der Waals surface area contributed by atoms with E-state index in [1.807, 2.05) is 33.6 Å². The third-order valence-electron chi connectivity index (χ3n) is 2.84. The second-order valence-corrected chi connectivity index (χ2v) is 5.22.